The number of ketones is 1. The van der Waals surface area contributed by atoms with E-state index >= 15 is 0 Å². The molecule has 0 aliphatic carbocycles. The van der Waals surface area contributed by atoms with Gasteiger partial charge < -0.3 is 9.67 Å². The second kappa shape index (κ2) is 7.76. The molecule has 0 atom stereocenters. The van der Waals surface area contributed by atoms with E-state index < -0.39 is 5.97 Å². The van der Waals surface area contributed by atoms with Crippen LogP contribution in [0.15, 0.2) is 78.9 Å². The van der Waals surface area contributed by atoms with Crippen LogP contribution in [-0.4, -0.2) is 21.4 Å². The highest BCUT2D eigenvalue weighted by Gasteiger charge is 2.22. The Labute approximate surface area is 169 Å². The van der Waals surface area contributed by atoms with E-state index in [4.69, 9.17) is 0 Å². The summed E-state index contributed by atoms with van der Waals surface area (Å²) in [6, 6.07) is 25.6. The third kappa shape index (κ3) is 3.69. The minimum absolute atomic E-state index is 0.0765. The Morgan fingerprint density at radius 3 is 2.10 bits per heavy atom. The molecule has 0 saturated carbocycles. The highest BCUT2D eigenvalue weighted by Crippen LogP contribution is 2.27. The molecular weight excluding hydrogens is 362 g/mol. The maximum atomic E-state index is 13.1. The third-order valence-electron chi connectivity index (χ3n) is 5.23. The standard InChI is InChI=1S/C25H21NO3/c1-26-22-10-6-5-9-20(22)21(16-24(28)29)25(26)23(27)15-17-11-13-19(14-12-17)18-7-3-2-4-8-18/h2-14H,15-16H2,1H3,(H,28,29). The fourth-order valence-corrected chi connectivity index (χ4v) is 3.87. The van der Waals surface area contributed by atoms with Gasteiger partial charge in [-0.2, -0.15) is 0 Å². The van der Waals surface area contributed by atoms with E-state index in [-0.39, 0.29) is 18.6 Å². The van der Waals surface area contributed by atoms with Crippen LogP contribution in [0.4, 0.5) is 0 Å². The number of para-hydroxylation sites is 1. The van der Waals surface area contributed by atoms with Crippen molar-refractivity contribution >= 4 is 22.7 Å². The lowest BCUT2D eigenvalue weighted by Crippen LogP contribution is -2.13. The quantitative estimate of drug-likeness (QED) is 0.482. The summed E-state index contributed by atoms with van der Waals surface area (Å²) in [5.74, 6) is -1.02. The number of carboxylic acids is 1. The molecule has 29 heavy (non-hydrogen) atoms. The van der Waals surface area contributed by atoms with Crippen molar-refractivity contribution in [3.05, 3.63) is 95.7 Å². The zero-order valence-electron chi connectivity index (χ0n) is 16.1. The van der Waals surface area contributed by atoms with Crippen molar-refractivity contribution in [2.45, 2.75) is 12.8 Å². The Morgan fingerprint density at radius 2 is 1.41 bits per heavy atom. The number of hydrogen-bond donors (Lipinski definition) is 1. The van der Waals surface area contributed by atoms with Gasteiger partial charge in [0.1, 0.15) is 0 Å². The van der Waals surface area contributed by atoms with Gasteiger partial charge in [-0.15, -0.1) is 0 Å². The van der Waals surface area contributed by atoms with Crippen LogP contribution in [0.5, 0.6) is 0 Å². The van der Waals surface area contributed by atoms with Gasteiger partial charge in [0.05, 0.1) is 12.1 Å². The first-order chi connectivity index (χ1) is 14.0. The number of aliphatic carboxylic acids is 1. The second-order valence-corrected chi connectivity index (χ2v) is 7.14. The molecule has 4 nitrogen and oxygen atoms in total. The number of aryl methyl sites for hydroxylation is 1. The number of carbonyl (C=O) groups excluding carboxylic acids is 1. The van der Waals surface area contributed by atoms with Gasteiger partial charge in [-0.25, -0.2) is 0 Å². The highest BCUT2D eigenvalue weighted by molar-refractivity contribution is 6.05. The first kappa shape index (κ1) is 18.7. The van der Waals surface area contributed by atoms with E-state index in [0.717, 1.165) is 27.6 Å². The maximum Gasteiger partial charge on any atom is 0.307 e. The van der Waals surface area contributed by atoms with E-state index in [1.165, 1.54) is 0 Å². The molecule has 4 heteroatoms. The first-order valence-corrected chi connectivity index (χ1v) is 9.50. The lowest BCUT2D eigenvalue weighted by atomic mass is 9.99. The van der Waals surface area contributed by atoms with Gasteiger partial charge in [-0.05, 0) is 28.3 Å². The summed E-state index contributed by atoms with van der Waals surface area (Å²) >= 11 is 0. The maximum absolute atomic E-state index is 13.1. The Hall–Kier alpha value is -3.66. The number of carboxylic acid groups (broad SMARTS) is 1. The van der Waals surface area contributed by atoms with Gasteiger partial charge in [-0.1, -0.05) is 72.8 Å². The third-order valence-corrected chi connectivity index (χ3v) is 5.23. The van der Waals surface area contributed by atoms with Crippen molar-refractivity contribution in [1.29, 1.82) is 0 Å². The molecule has 4 aromatic rings. The minimum Gasteiger partial charge on any atom is -0.481 e. The summed E-state index contributed by atoms with van der Waals surface area (Å²) in [4.78, 5) is 24.6. The number of rotatable bonds is 6. The molecule has 0 spiro atoms. The predicted octanol–water partition coefficient (Wildman–Crippen LogP) is 4.90. The number of nitrogens with zero attached hydrogens (tertiary/aromatic N) is 1. The summed E-state index contributed by atoms with van der Waals surface area (Å²) < 4.78 is 1.81. The normalized spacial score (nSPS) is 10.9. The van der Waals surface area contributed by atoms with Crippen LogP contribution in [0.2, 0.25) is 0 Å². The first-order valence-electron chi connectivity index (χ1n) is 9.50. The lowest BCUT2D eigenvalue weighted by molar-refractivity contribution is -0.136. The summed E-state index contributed by atoms with van der Waals surface area (Å²) in [5, 5.41) is 10.2. The number of benzene rings is 3. The van der Waals surface area contributed by atoms with Crippen LogP contribution in [0.1, 0.15) is 21.6 Å². The molecule has 1 heterocycles. The number of fused-ring (bicyclic) bond motifs is 1. The summed E-state index contributed by atoms with van der Waals surface area (Å²) in [7, 11) is 1.82. The zero-order chi connectivity index (χ0) is 20.4. The average molecular weight is 383 g/mol. The second-order valence-electron chi connectivity index (χ2n) is 7.14. The van der Waals surface area contributed by atoms with Gasteiger partial charge in [0.2, 0.25) is 0 Å². The minimum atomic E-state index is -0.942. The van der Waals surface area contributed by atoms with Gasteiger partial charge >= 0.3 is 5.97 Å². The largest absolute Gasteiger partial charge is 0.481 e. The van der Waals surface area contributed by atoms with E-state index in [9.17, 15) is 14.7 Å². The molecule has 3 aromatic carbocycles. The molecule has 0 unspecified atom stereocenters. The smallest absolute Gasteiger partial charge is 0.307 e. The molecule has 1 aromatic heterocycles. The van der Waals surface area contributed by atoms with Crippen molar-refractivity contribution in [2.24, 2.45) is 7.05 Å². The fourth-order valence-electron chi connectivity index (χ4n) is 3.87. The number of Topliss-reactive ketones (excluding diaryl/α,β-unsaturated/α-hetero) is 1. The van der Waals surface area contributed by atoms with Crippen molar-refractivity contribution in [3.8, 4) is 11.1 Å². The SMILES string of the molecule is Cn1c(C(=O)Cc2ccc(-c3ccccc3)cc2)c(CC(=O)O)c2ccccc21. The number of hydrogen-bond acceptors (Lipinski definition) is 2. The van der Waals surface area contributed by atoms with E-state index in [0.29, 0.717) is 11.3 Å². The van der Waals surface area contributed by atoms with Crippen molar-refractivity contribution in [3.63, 3.8) is 0 Å². The topological polar surface area (TPSA) is 59.3 Å². The lowest BCUT2D eigenvalue weighted by Gasteiger charge is -2.08. The molecule has 144 valence electrons. The Balaban J connectivity index is 1.66. The molecule has 0 saturated heterocycles. The zero-order valence-corrected chi connectivity index (χ0v) is 16.1. The molecule has 4 rings (SSSR count). The fraction of sp³-hybridized carbons (Fsp3) is 0.120. The molecule has 0 amide bonds. The molecular formula is C25H21NO3. The highest BCUT2D eigenvalue weighted by atomic mass is 16.4. The Bertz CT molecular complexity index is 1190. The van der Waals surface area contributed by atoms with Crippen molar-refractivity contribution in [2.75, 3.05) is 0 Å². The molecule has 0 aliphatic heterocycles. The van der Waals surface area contributed by atoms with E-state index in [1.807, 2.05) is 90.5 Å². The van der Waals surface area contributed by atoms with Crippen LogP contribution in [-0.2, 0) is 24.7 Å². The van der Waals surface area contributed by atoms with Gasteiger partial charge in [0, 0.05) is 24.4 Å². The van der Waals surface area contributed by atoms with Crippen LogP contribution >= 0.6 is 0 Å². The van der Waals surface area contributed by atoms with Crippen LogP contribution in [0, 0.1) is 0 Å². The molecule has 1 N–H and O–H groups in total. The van der Waals surface area contributed by atoms with Crippen molar-refractivity contribution < 1.29 is 14.7 Å². The van der Waals surface area contributed by atoms with Crippen molar-refractivity contribution in [1.82, 2.24) is 4.57 Å². The van der Waals surface area contributed by atoms with Gasteiger partial charge in [-0.3, -0.25) is 9.59 Å². The van der Waals surface area contributed by atoms with Gasteiger partial charge in [0.25, 0.3) is 0 Å². The van der Waals surface area contributed by atoms with Crippen LogP contribution < -0.4 is 0 Å². The van der Waals surface area contributed by atoms with E-state index in [1.54, 1.807) is 0 Å². The molecule has 0 fully saturated rings. The molecule has 0 radical (unpaired) electrons. The average Bonchev–Trinajstić information content (AvgIpc) is 3.01. The number of aromatic nitrogens is 1. The summed E-state index contributed by atoms with van der Waals surface area (Å²) in [6.45, 7) is 0. The van der Waals surface area contributed by atoms with E-state index in [2.05, 4.69) is 0 Å². The Morgan fingerprint density at radius 1 is 0.793 bits per heavy atom. The Kier molecular flexibility index (Phi) is 5.00. The predicted molar refractivity (Wildman–Crippen MR) is 114 cm³/mol. The molecule has 0 bridgehead atoms. The summed E-state index contributed by atoms with van der Waals surface area (Å²) in [5.41, 5.74) is 5.05. The van der Waals surface area contributed by atoms with Gasteiger partial charge in [0.15, 0.2) is 5.78 Å². The molecule has 0 aliphatic rings. The number of carbonyl (C=O) groups is 2. The van der Waals surface area contributed by atoms with Crippen LogP contribution in [0.3, 0.4) is 0 Å². The summed E-state index contributed by atoms with van der Waals surface area (Å²) in [6.07, 6.45) is 0.0568. The van der Waals surface area contributed by atoms with Crippen LogP contribution in [0.25, 0.3) is 22.0 Å². The monoisotopic (exact) mass is 383 g/mol.